The number of allylic oxidation sites excluding steroid dienone is 2. The van der Waals surface area contributed by atoms with E-state index in [0.717, 1.165) is 17.8 Å². The van der Waals surface area contributed by atoms with Crippen molar-refractivity contribution in [1.82, 2.24) is 0 Å². The Balaban J connectivity index is 0.00000112. The van der Waals surface area contributed by atoms with E-state index in [2.05, 4.69) is 19.9 Å². The van der Waals surface area contributed by atoms with Gasteiger partial charge in [0.1, 0.15) is 0 Å². The van der Waals surface area contributed by atoms with Crippen LogP contribution < -0.4 is 0 Å². The van der Waals surface area contributed by atoms with Gasteiger partial charge in [0.15, 0.2) is 0 Å². The third-order valence-electron chi connectivity index (χ3n) is 4.41. The molecule has 2 N–H and O–H groups in total. The summed E-state index contributed by atoms with van der Waals surface area (Å²) >= 11 is 0. The molecule has 2 aliphatic carbocycles. The van der Waals surface area contributed by atoms with Crippen LogP contribution in [0.4, 0.5) is 0 Å². The van der Waals surface area contributed by atoms with E-state index in [1.54, 1.807) is 5.57 Å². The smallest absolute Gasteiger partial charge is 0.0317 e. The normalized spacial score (nSPS) is 36.7. The van der Waals surface area contributed by atoms with E-state index in [4.69, 9.17) is 0 Å². The van der Waals surface area contributed by atoms with Gasteiger partial charge in [-0.1, -0.05) is 31.4 Å². The molecule has 2 aliphatic rings. The molecule has 1 nitrogen and oxygen atoms in total. The standard InChI is InChI=1S/C14H24.H2O/c1-11-3-7-13(8-4-11)14-9-5-12(2)6-10-14;/h3,12-14H,4-10H2,1-2H3;1H2. The highest BCUT2D eigenvalue weighted by Crippen LogP contribution is 2.39. The molecule has 0 saturated heterocycles. The quantitative estimate of drug-likeness (QED) is 0.591. The van der Waals surface area contributed by atoms with E-state index in [0.29, 0.717) is 0 Å². The number of hydrogen-bond donors (Lipinski definition) is 0. The predicted octanol–water partition coefficient (Wildman–Crippen LogP) is 3.73. The van der Waals surface area contributed by atoms with Gasteiger partial charge in [-0.25, -0.2) is 0 Å². The van der Waals surface area contributed by atoms with Crippen molar-refractivity contribution in [2.75, 3.05) is 0 Å². The van der Waals surface area contributed by atoms with Crippen LogP contribution in [0.15, 0.2) is 11.6 Å². The zero-order valence-corrected chi connectivity index (χ0v) is 10.3. The lowest BCUT2D eigenvalue weighted by Gasteiger charge is -2.34. The highest BCUT2D eigenvalue weighted by Gasteiger charge is 2.26. The van der Waals surface area contributed by atoms with Crippen LogP contribution >= 0.6 is 0 Å². The molecule has 0 spiro atoms. The second-order valence-corrected chi connectivity index (χ2v) is 5.60. The Hall–Kier alpha value is -0.300. The van der Waals surface area contributed by atoms with Crippen LogP contribution in [0.2, 0.25) is 0 Å². The third-order valence-corrected chi connectivity index (χ3v) is 4.41. The van der Waals surface area contributed by atoms with Crippen molar-refractivity contribution in [2.45, 2.75) is 58.8 Å². The van der Waals surface area contributed by atoms with Gasteiger partial charge in [-0.05, 0) is 56.8 Å². The highest BCUT2D eigenvalue weighted by molar-refractivity contribution is 5.03. The van der Waals surface area contributed by atoms with Crippen molar-refractivity contribution >= 4 is 0 Å². The van der Waals surface area contributed by atoms with Crippen molar-refractivity contribution in [3.63, 3.8) is 0 Å². The third kappa shape index (κ3) is 3.34. The topological polar surface area (TPSA) is 31.5 Å². The second kappa shape index (κ2) is 5.69. The molecule has 0 aromatic heterocycles. The number of rotatable bonds is 1. The minimum atomic E-state index is 0. The Labute approximate surface area is 94.3 Å². The molecule has 0 bridgehead atoms. The van der Waals surface area contributed by atoms with Gasteiger partial charge in [0.2, 0.25) is 0 Å². The maximum absolute atomic E-state index is 2.49. The predicted molar refractivity (Wildman–Crippen MR) is 65.8 cm³/mol. The van der Waals surface area contributed by atoms with Gasteiger partial charge < -0.3 is 5.48 Å². The molecule has 88 valence electrons. The Morgan fingerprint density at radius 1 is 1.00 bits per heavy atom. The van der Waals surface area contributed by atoms with E-state index in [1.165, 1.54) is 44.9 Å². The molecular formula is C14H26O. The Morgan fingerprint density at radius 3 is 2.20 bits per heavy atom. The Kier molecular flexibility index (Phi) is 4.85. The van der Waals surface area contributed by atoms with Crippen LogP contribution in [-0.2, 0) is 0 Å². The van der Waals surface area contributed by atoms with Crippen LogP contribution in [0.3, 0.4) is 0 Å². The van der Waals surface area contributed by atoms with E-state index in [9.17, 15) is 0 Å². The molecule has 15 heavy (non-hydrogen) atoms. The van der Waals surface area contributed by atoms with Crippen LogP contribution in [0, 0.1) is 17.8 Å². The molecular weight excluding hydrogens is 184 g/mol. The number of hydrogen-bond acceptors (Lipinski definition) is 0. The van der Waals surface area contributed by atoms with Gasteiger partial charge in [-0.15, -0.1) is 0 Å². The van der Waals surface area contributed by atoms with E-state index in [1.807, 2.05) is 0 Å². The first-order valence-electron chi connectivity index (χ1n) is 6.41. The minimum absolute atomic E-state index is 0. The van der Waals surface area contributed by atoms with Crippen LogP contribution in [0.5, 0.6) is 0 Å². The molecule has 1 unspecified atom stereocenters. The monoisotopic (exact) mass is 210 g/mol. The lowest BCUT2D eigenvalue weighted by atomic mass is 9.72. The summed E-state index contributed by atoms with van der Waals surface area (Å²) < 4.78 is 0. The summed E-state index contributed by atoms with van der Waals surface area (Å²) in [4.78, 5) is 0. The van der Waals surface area contributed by atoms with E-state index in [-0.39, 0.29) is 5.48 Å². The molecule has 1 atom stereocenters. The van der Waals surface area contributed by atoms with Crippen molar-refractivity contribution in [1.29, 1.82) is 0 Å². The zero-order chi connectivity index (χ0) is 9.97. The lowest BCUT2D eigenvalue weighted by Crippen LogP contribution is -2.22. The fourth-order valence-corrected chi connectivity index (χ4v) is 3.17. The Bertz CT molecular complexity index is 211. The van der Waals surface area contributed by atoms with Gasteiger partial charge in [-0.3, -0.25) is 0 Å². The molecule has 0 aliphatic heterocycles. The summed E-state index contributed by atoms with van der Waals surface area (Å²) in [5.74, 6) is 3.11. The van der Waals surface area contributed by atoms with Gasteiger partial charge in [0, 0.05) is 0 Å². The first-order chi connectivity index (χ1) is 6.75. The van der Waals surface area contributed by atoms with E-state index < -0.39 is 0 Å². The van der Waals surface area contributed by atoms with E-state index >= 15 is 0 Å². The molecule has 0 radical (unpaired) electrons. The largest absolute Gasteiger partial charge is 0.412 e. The van der Waals surface area contributed by atoms with Gasteiger partial charge in [0.05, 0.1) is 0 Å². The molecule has 1 fully saturated rings. The highest BCUT2D eigenvalue weighted by atomic mass is 16.0. The van der Waals surface area contributed by atoms with Crippen LogP contribution in [0.1, 0.15) is 58.8 Å². The zero-order valence-electron chi connectivity index (χ0n) is 10.3. The first-order valence-corrected chi connectivity index (χ1v) is 6.41. The molecule has 0 amide bonds. The fourth-order valence-electron chi connectivity index (χ4n) is 3.17. The molecule has 1 saturated carbocycles. The average molecular weight is 210 g/mol. The SMILES string of the molecule is CC1=CCC(C2CCC(C)CC2)CC1.O. The fraction of sp³-hybridized carbons (Fsp3) is 0.857. The molecule has 0 aromatic carbocycles. The van der Waals surface area contributed by atoms with Crippen LogP contribution in [0.25, 0.3) is 0 Å². The van der Waals surface area contributed by atoms with Gasteiger partial charge >= 0.3 is 0 Å². The van der Waals surface area contributed by atoms with Crippen molar-refractivity contribution in [3.05, 3.63) is 11.6 Å². The molecule has 1 heteroatoms. The molecule has 0 aromatic rings. The van der Waals surface area contributed by atoms with Crippen LogP contribution in [-0.4, -0.2) is 5.48 Å². The summed E-state index contributed by atoms with van der Waals surface area (Å²) in [5, 5.41) is 0. The molecule has 2 rings (SSSR count). The van der Waals surface area contributed by atoms with Crippen molar-refractivity contribution in [2.24, 2.45) is 17.8 Å². The summed E-state index contributed by atoms with van der Waals surface area (Å²) in [7, 11) is 0. The second-order valence-electron chi connectivity index (χ2n) is 5.60. The minimum Gasteiger partial charge on any atom is -0.412 e. The van der Waals surface area contributed by atoms with Gasteiger partial charge in [0.25, 0.3) is 0 Å². The van der Waals surface area contributed by atoms with Crippen molar-refractivity contribution < 1.29 is 5.48 Å². The first kappa shape index (κ1) is 12.8. The lowest BCUT2D eigenvalue weighted by molar-refractivity contribution is 0.200. The maximum atomic E-state index is 2.49. The maximum Gasteiger partial charge on any atom is -0.0317 e. The summed E-state index contributed by atoms with van der Waals surface area (Å²) in [6.45, 7) is 4.71. The Morgan fingerprint density at radius 2 is 1.67 bits per heavy atom. The van der Waals surface area contributed by atoms with Crippen molar-refractivity contribution in [3.8, 4) is 0 Å². The summed E-state index contributed by atoms with van der Waals surface area (Å²) in [6.07, 6.45) is 12.7. The average Bonchev–Trinajstić information content (AvgIpc) is 2.21. The summed E-state index contributed by atoms with van der Waals surface area (Å²) in [5.41, 5.74) is 1.63. The molecule has 0 heterocycles. The van der Waals surface area contributed by atoms with Gasteiger partial charge in [-0.2, -0.15) is 0 Å². The summed E-state index contributed by atoms with van der Waals surface area (Å²) in [6, 6.07) is 0.